The smallest absolute Gasteiger partial charge is 0.243 e. The van der Waals surface area contributed by atoms with Crippen molar-refractivity contribution in [2.45, 2.75) is 36.9 Å². The van der Waals surface area contributed by atoms with Crippen LogP contribution in [-0.2, 0) is 30.7 Å². The van der Waals surface area contributed by atoms with Crippen LogP contribution in [0.2, 0.25) is 0 Å². The standard InChI is InChI=1S/C29H32N2O6S/c32-27(21-37-29-7-3-4-18-36-29)24-10-8-22(9-11-24)19-28(33)30-14-16-31(17-15-30)38(34,35)26-13-12-23-5-1-2-6-25(23)20-26/h1-2,5-6,8-13,20,29H,3-4,7,14-19,21H2. The zero-order valence-corrected chi connectivity index (χ0v) is 22.1. The van der Waals surface area contributed by atoms with Gasteiger partial charge in [0.15, 0.2) is 12.1 Å². The van der Waals surface area contributed by atoms with E-state index in [1.54, 1.807) is 41.3 Å². The Labute approximate surface area is 223 Å². The quantitative estimate of drug-likeness (QED) is 0.408. The number of fused-ring (bicyclic) bond motifs is 1. The summed E-state index contributed by atoms with van der Waals surface area (Å²) in [5, 5.41) is 1.86. The van der Waals surface area contributed by atoms with E-state index in [0.717, 1.165) is 35.6 Å². The van der Waals surface area contributed by atoms with Gasteiger partial charge in [0, 0.05) is 38.3 Å². The number of rotatable bonds is 8. The summed E-state index contributed by atoms with van der Waals surface area (Å²) in [6, 6.07) is 19.8. The molecule has 5 rings (SSSR count). The normalized spacial score (nSPS) is 18.9. The van der Waals surface area contributed by atoms with Gasteiger partial charge in [-0.05, 0) is 47.7 Å². The van der Waals surface area contributed by atoms with Crippen molar-refractivity contribution < 1.29 is 27.5 Å². The number of carbonyl (C=O) groups is 2. The first-order valence-corrected chi connectivity index (χ1v) is 14.5. The number of carbonyl (C=O) groups excluding carboxylic acids is 2. The number of piperazine rings is 1. The maximum atomic E-state index is 13.2. The maximum absolute atomic E-state index is 13.2. The Hall–Kier alpha value is -3.11. The van der Waals surface area contributed by atoms with E-state index in [4.69, 9.17) is 9.47 Å². The fraction of sp³-hybridized carbons (Fsp3) is 0.379. The molecule has 1 unspecified atom stereocenters. The highest BCUT2D eigenvalue weighted by atomic mass is 32.2. The Morgan fingerprint density at radius 1 is 0.895 bits per heavy atom. The Bertz CT molecular complexity index is 1390. The molecule has 2 aliphatic heterocycles. The average Bonchev–Trinajstić information content (AvgIpc) is 2.96. The van der Waals surface area contributed by atoms with Crippen molar-refractivity contribution in [2.24, 2.45) is 0 Å². The largest absolute Gasteiger partial charge is 0.353 e. The minimum atomic E-state index is -3.64. The maximum Gasteiger partial charge on any atom is 0.243 e. The fourth-order valence-electron chi connectivity index (χ4n) is 4.84. The van der Waals surface area contributed by atoms with Gasteiger partial charge in [0.2, 0.25) is 15.9 Å². The summed E-state index contributed by atoms with van der Waals surface area (Å²) >= 11 is 0. The summed E-state index contributed by atoms with van der Waals surface area (Å²) in [5.74, 6) is -0.189. The lowest BCUT2D eigenvalue weighted by Gasteiger charge is -2.34. The lowest BCUT2D eigenvalue weighted by atomic mass is 10.1. The fourth-order valence-corrected chi connectivity index (χ4v) is 6.30. The molecule has 0 N–H and O–H groups in total. The summed E-state index contributed by atoms with van der Waals surface area (Å²) in [7, 11) is -3.64. The molecule has 1 atom stereocenters. The van der Waals surface area contributed by atoms with E-state index in [-0.39, 0.29) is 49.0 Å². The first kappa shape index (κ1) is 26.5. The van der Waals surface area contributed by atoms with Crippen molar-refractivity contribution >= 4 is 32.5 Å². The van der Waals surface area contributed by atoms with Crippen LogP contribution in [-0.4, -0.2) is 75.0 Å². The lowest BCUT2D eigenvalue weighted by Crippen LogP contribution is -2.50. The Morgan fingerprint density at radius 2 is 1.63 bits per heavy atom. The molecule has 0 saturated carbocycles. The van der Waals surface area contributed by atoms with Crippen LogP contribution in [0.1, 0.15) is 35.2 Å². The Balaban J connectivity index is 1.12. The summed E-state index contributed by atoms with van der Waals surface area (Å²) in [5.41, 5.74) is 1.33. The van der Waals surface area contributed by atoms with E-state index >= 15 is 0 Å². The van der Waals surface area contributed by atoms with Gasteiger partial charge < -0.3 is 14.4 Å². The monoisotopic (exact) mass is 536 g/mol. The van der Waals surface area contributed by atoms with Gasteiger partial charge in [0.25, 0.3) is 0 Å². The third-order valence-corrected chi connectivity index (χ3v) is 9.01. The highest BCUT2D eigenvalue weighted by molar-refractivity contribution is 7.89. The predicted octanol–water partition coefficient (Wildman–Crippen LogP) is 3.64. The molecule has 38 heavy (non-hydrogen) atoms. The predicted molar refractivity (Wildman–Crippen MR) is 143 cm³/mol. The van der Waals surface area contributed by atoms with Crippen LogP contribution in [0, 0.1) is 0 Å². The number of ether oxygens (including phenoxy) is 2. The van der Waals surface area contributed by atoms with Crippen LogP contribution in [0.5, 0.6) is 0 Å². The van der Waals surface area contributed by atoms with Gasteiger partial charge in [-0.1, -0.05) is 54.6 Å². The van der Waals surface area contributed by atoms with Crippen molar-refractivity contribution in [1.82, 2.24) is 9.21 Å². The van der Waals surface area contributed by atoms with Crippen molar-refractivity contribution in [3.8, 4) is 0 Å². The van der Waals surface area contributed by atoms with E-state index in [2.05, 4.69) is 0 Å². The van der Waals surface area contributed by atoms with Crippen molar-refractivity contribution in [2.75, 3.05) is 39.4 Å². The molecular weight excluding hydrogens is 504 g/mol. The van der Waals surface area contributed by atoms with Gasteiger partial charge in [-0.2, -0.15) is 4.31 Å². The molecule has 0 radical (unpaired) electrons. The molecule has 2 fully saturated rings. The molecule has 9 heteroatoms. The first-order chi connectivity index (χ1) is 18.4. The van der Waals surface area contributed by atoms with Gasteiger partial charge >= 0.3 is 0 Å². The number of sulfonamides is 1. The second-order valence-electron chi connectivity index (χ2n) is 9.70. The third-order valence-electron chi connectivity index (χ3n) is 7.12. The minimum Gasteiger partial charge on any atom is -0.353 e. The molecule has 2 saturated heterocycles. The highest BCUT2D eigenvalue weighted by Crippen LogP contribution is 2.23. The molecule has 0 bridgehead atoms. The van der Waals surface area contributed by atoms with E-state index in [0.29, 0.717) is 25.3 Å². The SMILES string of the molecule is O=C(COC1CCCCO1)c1ccc(CC(=O)N2CCN(S(=O)(=O)c3ccc4ccccc4c3)CC2)cc1. The number of benzene rings is 3. The summed E-state index contributed by atoms with van der Waals surface area (Å²) in [6.07, 6.45) is 2.74. The van der Waals surface area contributed by atoms with Crippen LogP contribution in [0.3, 0.4) is 0 Å². The average molecular weight is 537 g/mol. The minimum absolute atomic E-state index is 0.0324. The van der Waals surface area contributed by atoms with E-state index in [1.807, 2.05) is 30.3 Å². The molecule has 0 spiro atoms. The number of nitrogens with zero attached hydrogens (tertiary/aromatic N) is 2. The van der Waals surface area contributed by atoms with Crippen LogP contribution in [0.4, 0.5) is 0 Å². The molecule has 2 aliphatic rings. The lowest BCUT2D eigenvalue weighted by molar-refractivity contribution is -0.155. The van der Waals surface area contributed by atoms with Crippen LogP contribution < -0.4 is 0 Å². The molecule has 2 heterocycles. The summed E-state index contributed by atoms with van der Waals surface area (Å²) in [4.78, 5) is 27.3. The number of hydrogen-bond acceptors (Lipinski definition) is 6. The second-order valence-corrected chi connectivity index (χ2v) is 11.6. The van der Waals surface area contributed by atoms with Crippen molar-refractivity contribution in [1.29, 1.82) is 0 Å². The molecule has 3 aromatic carbocycles. The molecule has 0 aliphatic carbocycles. The highest BCUT2D eigenvalue weighted by Gasteiger charge is 2.30. The van der Waals surface area contributed by atoms with Gasteiger partial charge in [-0.3, -0.25) is 9.59 Å². The van der Waals surface area contributed by atoms with Crippen LogP contribution >= 0.6 is 0 Å². The molecule has 8 nitrogen and oxygen atoms in total. The zero-order chi connectivity index (χ0) is 26.5. The van der Waals surface area contributed by atoms with Gasteiger partial charge in [0.1, 0.15) is 6.61 Å². The van der Waals surface area contributed by atoms with Crippen molar-refractivity contribution in [3.05, 3.63) is 77.9 Å². The van der Waals surface area contributed by atoms with Gasteiger partial charge in [0.05, 0.1) is 11.3 Å². The second kappa shape index (κ2) is 11.7. The summed E-state index contributed by atoms with van der Waals surface area (Å²) in [6.45, 7) is 1.80. The van der Waals surface area contributed by atoms with Crippen LogP contribution in [0.25, 0.3) is 10.8 Å². The number of amides is 1. The van der Waals surface area contributed by atoms with Gasteiger partial charge in [-0.25, -0.2) is 8.42 Å². The molecular formula is C29H32N2O6S. The third kappa shape index (κ3) is 6.13. The zero-order valence-electron chi connectivity index (χ0n) is 21.3. The number of hydrogen-bond donors (Lipinski definition) is 0. The Morgan fingerprint density at radius 3 is 2.34 bits per heavy atom. The molecule has 0 aromatic heterocycles. The summed E-state index contributed by atoms with van der Waals surface area (Å²) < 4.78 is 38.9. The van der Waals surface area contributed by atoms with Crippen LogP contribution in [0.15, 0.2) is 71.6 Å². The first-order valence-electron chi connectivity index (χ1n) is 13.0. The molecule has 200 valence electrons. The molecule has 1 amide bonds. The topological polar surface area (TPSA) is 93.2 Å². The van der Waals surface area contributed by atoms with Gasteiger partial charge in [-0.15, -0.1) is 0 Å². The molecule has 3 aromatic rings. The van der Waals surface area contributed by atoms with E-state index in [9.17, 15) is 18.0 Å². The Kier molecular flexibility index (Phi) is 8.18. The number of Topliss-reactive ketones (excluding diaryl/α,β-unsaturated/α-hetero) is 1. The van der Waals surface area contributed by atoms with E-state index in [1.165, 1.54) is 4.31 Å². The van der Waals surface area contributed by atoms with E-state index < -0.39 is 10.0 Å². The number of ketones is 1. The van der Waals surface area contributed by atoms with Crippen molar-refractivity contribution in [3.63, 3.8) is 0 Å².